The molecule has 17 heavy (non-hydrogen) atoms. The van der Waals surface area contributed by atoms with Crippen LogP contribution in [0, 0.1) is 0 Å². The van der Waals surface area contributed by atoms with Gasteiger partial charge in [-0.15, -0.1) is 6.58 Å². The number of rotatable bonds is 6. The predicted molar refractivity (Wildman–Crippen MR) is 68.9 cm³/mol. The van der Waals surface area contributed by atoms with Gasteiger partial charge in [0, 0.05) is 12.8 Å². The molecule has 0 fully saturated rings. The van der Waals surface area contributed by atoms with Crippen LogP contribution in [0.1, 0.15) is 23.6 Å². The van der Waals surface area contributed by atoms with Crippen molar-refractivity contribution >= 4 is 0 Å². The van der Waals surface area contributed by atoms with E-state index in [1.165, 1.54) is 5.56 Å². The highest BCUT2D eigenvalue weighted by atomic mass is 16.4. The first-order valence-electron chi connectivity index (χ1n) is 5.97. The van der Waals surface area contributed by atoms with Gasteiger partial charge in [0.2, 0.25) is 0 Å². The summed E-state index contributed by atoms with van der Waals surface area (Å²) in [5, 5.41) is 0. The summed E-state index contributed by atoms with van der Waals surface area (Å²) in [6, 6.07) is 10.4. The summed E-state index contributed by atoms with van der Waals surface area (Å²) >= 11 is 0. The maximum absolute atomic E-state index is 5.65. The fraction of sp³-hybridized carbons (Fsp3) is 0.267. The Morgan fingerprint density at radius 2 is 1.94 bits per heavy atom. The van der Waals surface area contributed by atoms with Crippen LogP contribution in [0.5, 0.6) is 0 Å². The molecule has 0 saturated heterocycles. The lowest BCUT2D eigenvalue weighted by Crippen LogP contribution is -1.90. The van der Waals surface area contributed by atoms with Crippen molar-refractivity contribution in [3.8, 4) is 0 Å². The summed E-state index contributed by atoms with van der Waals surface area (Å²) in [7, 11) is 0. The first-order chi connectivity index (χ1) is 8.38. The van der Waals surface area contributed by atoms with Crippen molar-refractivity contribution in [1.82, 2.24) is 4.98 Å². The zero-order valence-corrected chi connectivity index (χ0v) is 9.93. The minimum absolute atomic E-state index is 0.827. The molecule has 88 valence electrons. The van der Waals surface area contributed by atoms with Crippen LogP contribution in [0.25, 0.3) is 0 Å². The van der Waals surface area contributed by atoms with E-state index < -0.39 is 0 Å². The molecule has 0 aliphatic carbocycles. The molecule has 0 aliphatic heterocycles. The number of aromatic nitrogens is 1. The zero-order chi connectivity index (χ0) is 11.9. The molecule has 0 saturated carbocycles. The monoisotopic (exact) mass is 227 g/mol. The van der Waals surface area contributed by atoms with Crippen molar-refractivity contribution in [2.45, 2.75) is 25.7 Å². The van der Waals surface area contributed by atoms with Crippen molar-refractivity contribution in [1.29, 1.82) is 0 Å². The maximum Gasteiger partial charge on any atom is 0.194 e. The minimum atomic E-state index is 0.827. The van der Waals surface area contributed by atoms with Crippen molar-refractivity contribution in [3.05, 3.63) is 66.4 Å². The highest BCUT2D eigenvalue weighted by molar-refractivity contribution is 5.15. The molecule has 2 rings (SSSR count). The molecule has 0 unspecified atom stereocenters. The average molecular weight is 227 g/mol. The first-order valence-corrected chi connectivity index (χ1v) is 5.97. The third-order valence-electron chi connectivity index (χ3n) is 2.67. The lowest BCUT2D eigenvalue weighted by atomic mass is 10.1. The third-order valence-corrected chi connectivity index (χ3v) is 2.67. The molecule has 0 radical (unpaired) electrons. The van der Waals surface area contributed by atoms with Gasteiger partial charge in [0.15, 0.2) is 5.89 Å². The molecule has 0 spiro atoms. The summed E-state index contributed by atoms with van der Waals surface area (Å²) in [5.74, 6) is 1.78. The quantitative estimate of drug-likeness (QED) is 0.705. The number of hydrogen-bond acceptors (Lipinski definition) is 2. The zero-order valence-electron chi connectivity index (χ0n) is 9.93. The Balaban J connectivity index is 1.87. The van der Waals surface area contributed by atoms with E-state index in [1.807, 2.05) is 18.3 Å². The minimum Gasteiger partial charge on any atom is -0.446 e. The smallest absolute Gasteiger partial charge is 0.194 e. The van der Waals surface area contributed by atoms with E-state index in [0.717, 1.165) is 37.3 Å². The highest BCUT2D eigenvalue weighted by Crippen LogP contribution is 2.10. The third kappa shape index (κ3) is 3.59. The fourth-order valence-electron chi connectivity index (χ4n) is 1.72. The van der Waals surface area contributed by atoms with E-state index in [9.17, 15) is 0 Å². The lowest BCUT2D eigenvalue weighted by Gasteiger charge is -1.97. The number of nitrogens with zero attached hydrogens (tertiary/aromatic N) is 1. The number of oxazole rings is 1. The van der Waals surface area contributed by atoms with E-state index in [-0.39, 0.29) is 0 Å². The molecule has 2 nitrogen and oxygen atoms in total. The molecule has 0 atom stereocenters. The summed E-state index contributed by atoms with van der Waals surface area (Å²) in [6.07, 6.45) is 7.38. The molecule has 0 N–H and O–H groups in total. The lowest BCUT2D eigenvalue weighted by molar-refractivity contribution is 0.454. The molecule has 2 aromatic rings. The molecular formula is C15H17NO. The van der Waals surface area contributed by atoms with E-state index in [2.05, 4.69) is 35.8 Å². The normalized spacial score (nSPS) is 10.4. The van der Waals surface area contributed by atoms with Gasteiger partial charge < -0.3 is 4.42 Å². The second-order valence-corrected chi connectivity index (χ2v) is 4.03. The SMILES string of the molecule is C=CCCc1cnc(CCc2ccccc2)o1. The van der Waals surface area contributed by atoms with Gasteiger partial charge >= 0.3 is 0 Å². The molecule has 0 amide bonds. The van der Waals surface area contributed by atoms with Crippen LogP contribution >= 0.6 is 0 Å². The number of benzene rings is 1. The van der Waals surface area contributed by atoms with E-state index in [0.29, 0.717) is 0 Å². The number of allylic oxidation sites excluding steroid dienone is 1. The van der Waals surface area contributed by atoms with Crippen LogP contribution in [0.3, 0.4) is 0 Å². The van der Waals surface area contributed by atoms with E-state index >= 15 is 0 Å². The van der Waals surface area contributed by atoms with Crippen LogP contribution in [0.4, 0.5) is 0 Å². The van der Waals surface area contributed by atoms with Gasteiger partial charge in [-0.05, 0) is 18.4 Å². The number of hydrogen-bond donors (Lipinski definition) is 0. The van der Waals surface area contributed by atoms with Gasteiger partial charge in [-0.1, -0.05) is 36.4 Å². The van der Waals surface area contributed by atoms with Crippen molar-refractivity contribution < 1.29 is 4.42 Å². The molecule has 0 aliphatic rings. The van der Waals surface area contributed by atoms with Gasteiger partial charge in [-0.3, -0.25) is 0 Å². The van der Waals surface area contributed by atoms with Gasteiger partial charge in [0.25, 0.3) is 0 Å². The Labute approximate surface area is 102 Å². The topological polar surface area (TPSA) is 26.0 Å². The van der Waals surface area contributed by atoms with Gasteiger partial charge in [0.1, 0.15) is 5.76 Å². The Bertz CT molecular complexity index is 459. The average Bonchev–Trinajstić information content (AvgIpc) is 2.83. The van der Waals surface area contributed by atoms with Crippen LogP contribution in [-0.2, 0) is 19.3 Å². The van der Waals surface area contributed by atoms with Crippen LogP contribution in [0.2, 0.25) is 0 Å². The number of aryl methyl sites for hydroxylation is 3. The standard InChI is InChI=1S/C15H17NO/c1-2-3-9-14-12-16-15(17-14)11-10-13-7-5-4-6-8-13/h2,4-8,12H,1,3,9-11H2. The molecule has 0 bridgehead atoms. The van der Waals surface area contributed by atoms with Gasteiger partial charge in [-0.25, -0.2) is 4.98 Å². The Hall–Kier alpha value is -1.83. The van der Waals surface area contributed by atoms with Crippen LogP contribution in [0.15, 0.2) is 53.6 Å². The first kappa shape index (κ1) is 11.6. The Morgan fingerprint density at radius 1 is 1.12 bits per heavy atom. The van der Waals surface area contributed by atoms with Gasteiger partial charge in [0.05, 0.1) is 6.20 Å². The predicted octanol–water partition coefficient (Wildman–Crippen LogP) is 3.58. The molecule has 2 heteroatoms. The summed E-state index contributed by atoms with van der Waals surface area (Å²) in [5.41, 5.74) is 1.32. The summed E-state index contributed by atoms with van der Waals surface area (Å²) in [4.78, 5) is 4.28. The van der Waals surface area contributed by atoms with Gasteiger partial charge in [-0.2, -0.15) is 0 Å². The molecule has 1 aromatic carbocycles. The van der Waals surface area contributed by atoms with Crippen molar-refractivity contribution in [3.63, 3.8) is 0 Å². The molecule has 1 aromatic heterocycles. The molecule has 1 heterocycles. The Morgan fingerprint density at radius 3 is 2.71 bits per heavy atom. The largest absolute Gasteiger partial charge is 0.446 e. The Kier molecular flexibility index (Phi) is 4.14. The van der Waals surface area contributed by atoms with Crippen LogP contribution in [-0.4, -0.2) is 4.98 Å². The van der Waals surface area contributed by atoms with E-state index in [1.54, 1.807) is 0 Å². The maximum atomic E-state index is 5.65. The van der Waals surface area contributed by atoms with Crippen LogP contribution < -0.4 is 0 Å². The summed E-state index contributed by atoms with van der Waals surface area (Å²) in [6.45, 7) is 3.70. The highest BCUT2D eigenvalue weighted by Gasteiger charge is 2.03. The van der Waals surface area contributed by atoms with Crippen molar-refractivity contribution in [2.75, 3.05) is 0 Å². The summed E-state index contributed by atoms with van der Waals surface area (Å²) < 4.78 is 5.65. The molecular weight excluding hydrogens is 210 g/mol. The van der Waals surface area contributed by atoms with Crippen molar-refractivity contribution in [2.24, 2.45) is 0 Å². The second-order valence-electron chi connectivity index (χ2n) is 4.03. The fourth-order valence-corrected chi connectivity index (χ4v) is 1.72. The van der Waals surface area contributed by atoms with E-state index in [4.69, 9.17) is 4.42 Å². The second kappa shape index (κ2) is 6.04.